The van der Waals surface area contributed by atoms with Gasteiger partial charge in [-0.1, -0.05) is 20.8 Å². The van der Waals surface area contributed by atoms with Crippen molar-refractivity contribution in [1.82, 2.24) is 0 Å². The lowest BCUT2D eigenvalue weighted by Gasteiger charge is -2.30. The van der Waals surface area contributed by atoms with Gasteiger partial charge in [0.2, 0.25) is 0 Å². The molecule has 0 aliphatic carbocycles. The summed E-state index contributed by atoms with van der Waals surface area (Å²) < 4.78 is 7.90. The number of carbonyl (C=O) groups excluding carboxylic acids is 2. The molecule has 2 amide bonds. The van der Waals surface area contributed by atoms with E-state index in [1.165, 1.54) is 12.2 Å². The molecule has 0 bridgehead atoms. The van der Waals surface area contributed by atoms with Gasteiger partial charge in [-0.15, -0.1) is 0 Å². The fraction of sp³-hybridized carbons (Fsp3) is 0.375. The normalized spacial score (nSPS) is 14.7. The minimum Gasteiger partial charge on any atom is -0.542 e. The predicted molar refractivity (Wildman–Crippen MR) is 101 cm³/mol. The lowest BCUT2D eigenvalue weighted by molar-refractivity contribution is -0.119. The van der Waals surface area contributed by atoms with Crippen LogP contribution in [-0.4, -0.2) is 20.1 Å². The average Bonchev–Trinajstić information content (AvgIpc) is 2.86. The third-order valence-electron chi connectivity index (χ3n) is 4.30. The molecule has 0 saturated carbocycles. The van der Waals surface area contributed by atoms with Crippen molar-refractivity contribution in [1.29, 1.82) is 0 Å². The average molecular weight is 461 g/mol. The summed E-state index contributed by atoms with van der Waals surface area (Å²) in [6.07, 6.45) is 2.55. The van der Waals surface area contributed by atoms with E-state index in [1.54, 1.807) is 12.1 Å². The molecule has 1 aliphatic rings. The highest BCUT2D eigenvalue weighted by Crippen LogP contribution is 2.41. The molecule has 0 spiro atoms. The fourth-order valence-corrected chi connectivity index (χ4v) is 6.82. The Balaban J connectivity index is 2.38. The fourth-order valence-electron chi connectivity index (χ4n) is 2.61. The van der Waals surface area contributed by atoms with Crippen LogP contribution >= 0.6 is 31.9 Å². The number of carbonyl (C=O) groups is 2. The van der Waals surface area contributed by atoms with Crippen molar-refractivity contribution in [2.75, 3.05) is 4.90 Å². The first kappa shape index (κ1) is 18.4. The van der Waals surface area contributed by atoms with E-state index in [4.69, 9.17) is 4.43 Å². The van der Waals surface area contributed by atoms with Crippen molar-refractivity contribution in [3.63, 3.8) is 0 Å². The summed E-state index contributed by atoms with van der Waals surface area (Å²) in [6, 6.07) is 6.61. The van der Waals surface area contributed by atoms with E-state index >= 15 is 0 Å². The molecule has 1 aliphatic heterocycles. The minimum absolute atomic E-state index is 0.332. The molecule has 4 nitrogen and oxygen atoms in total. The minimum atomic E-state index is -1.82. The lowest BCUT2D eigenvalue weighted by atomic mass is 10.3. The molecule has 7 heteroatoms. The molecule has 0 aromatic heterocycles. The maximum atomic E-state index is 11.8. The number of imide groups is 1. The Hall–Kier alpha value is -0.923. The van der Waals surface area contributed by atoms with E-state index in [0.717, 1.165) is 37.7 Å². The van der Waals surface area contributed by atoms with Gasteiger partial charge in [-0.25, -0.2) is 4.90 Å². The summed E-state index contributed by atoms with van der Waals surface area (Å²) in [5.74, 6) is 0.0850. The first-order chi connectivity index (χ1) is 10.9. The highest BCUT2D eigenvalue weighted by atomic mass is 79.9. The molecule has 1 heterocycles. The highest BCUT2D eigenvalue weighted by Gasteiger charge is 2.33. The molecule has 0 fully saturated rings. The zero-order valence-electron chi connectivity index (χ0n) is 13.4. The number of halogens is 2. The molecular weight excluding hydrogens is 442 g/mol. The summed E-state index contributed by atoms with van der Waals surface area (Å²) in [6.45, 7) is 6.51. The van der Waals surface area contributed by atoms with Gasteiger partial charge in [-0.3, -0.25) is 9.59 Å². The predicted octanol–water partition coefficient (Wildman–Crippen LogP) is 5.03. The maximum absolute atomic E-state index is 11.8. The van der Waals surface area contributed by atoms with E-state index in [2.05, 4.69) is 52.6 Å². The van der Waals surface area contributed by atoms with Crippen LogP contribution in [0.1, 0.15) is 20.8 Å². The van der Waals surface area contributed by atoms with Crippen molar-refractivity contribution in [3.05, 3.63) is 33.2 Å². The second-order valence-electron chi connectivity index (χ2n) is 5.43. The molecule has 0 unspecified atom stereocenters. The number of hydrogen-bond acceptors (Lipinski definition) is 3. The van der Waals surface area contributed by atoms with Crippen molar-refractivity contribution in [2.45, 2.75) is 38.9 Å². The van der Waals surface area contributed by atoms with Crippen LogP contribution in [0.4, 0.5) is 5.69 Å². The van der Waals surface area contributed by atoms with Crippen LogP contribution in [0.2, 0.25) is 18.1 Å². The van der Waals surface area contributed by atoms with Crippen LogP contribution in [0.15, 0.2) is 33.2 Å². The second-order valence-corrected chi connectivity index (χ2v) is 11.8. The maximum Gasteiger partial charge on any atom is 0.258 e. The van der Waals surface area contributed by atoms with Crippen LogP contribution in [0.3, 0.4) is 0 Å². The molecule has 0 radical (unpaired) electrons. The third-order valence-corrected chi connectivity index (χ3v) is 9.98. The summed E-state index contributed by atoms with van der Waals surface area (Å²) in [5.41, 5.74) is 0.521. The molecule has 23 heavy (non-hydrogen) atoms. The summed E-state index contributed by atoms with van der Waals surface area (Å²) in [4.78, 5) is 24.8. The van der Waals surface area contributed by atoms with Crippen LogP contribution in [0, 0.1) is 0 Å². The molecular formula is C16H19Br2NO3Si. The zero-order chi connectivity index (χ0) is 17.2. The van der Waals surface area contributed by atoms with Crippen LogP contribution in [0.5, 0.6) is 5.75 Å². The highest BCUT2D eigenvalue weighted by molar-refractivity contribution is 9.11. The Kier molecular flexibility index (Phi) is 5.86. The van der Waals surface area contributed by atoms with Gasteiger partial charge in [0.25, 0.3) is 20.1 Å². The van der Waals surface area contributed by atoms with E-state index in [-0.39, 0.29) is 11.8 Å². The Bertz CT molecular complexity index is 622. The molecule has 124 valence electrons. The van der Waals surface area contributed by atoms with E-state index in [0.29, 0.717) is 5.69 Å². The first-order valence-corrected chi connectivity index (χ1v) is 11.7. The van der Waals surface area contributed by atoms with Crippen LogP contribution < -0.4 is 9.33 Å². The second kappa shape index (κ2) is 7.32. The first-order valence-electron chi connectivity index (χ1n) is 7.61. The molecule has 1 aromatic rings. The van der Waals surface area contributed by atoms with Crippen LogP contribution in [0.25, 0.3) is 0 Å². The quantitative estimate of drug-likeness (QED) is 0.442. The van der Waals surface area contributed by atoms with Gasteiger partial charge in [-0.05, 0) is 62.1 Å². The largest absolute Gasteiger partial charge is 0.542 e. The van der Waals surface area contributed by atoms with E-state index < -0.39 is 8.32 Å². The van der Waals surface area contributed by atoms with Gasteiger partial charge in [0, 0.05) is 12.2 Å². The summed E-state index contributed by atoms with van der Waals surface area (Å²) >= 11 is 7.05. The van der Waals surface area contributed by atoms with Crippen molar-refractivity contribution >= 4 is 57.7 Å². The Labute approximate surface area is 154 Å². The van der Waals surface area contributed by atoms with Crippen molar-refractivity contribution < 1.29 is 14.0 Å². The Morgan fingerprint density at radius 3 is 1.78 bits per heavy atom. The van der Waals surface area contributed by atoms with Gasteiger partial charge in [0.1, 0.15) is 5.75 Å². The number of hydrogen-bond donors (Lipinski definition) is 0. The summed E-state index contributed by atoms with van der Waals surface area (Å²) in [7, 11) is -1.82. The number of benzene rings is 1. The number of rotatable bonds is 6. The smallest absolute Gasteiger partial charge is 0.258 e. The molecule has 0 N–H and O–H groups in total. The van der Waals surface area contributed by atoms with Crippen LogP contribution in [-0.2, 0) is 9.59 Å². The number of anilines is 1. The monoisotopic (exact) mass is 459 g/mol. The molecule has 1 aromatic carbocycles. The standard InChI is InChI=1S/C16H19Br2NO3Si/c1-4-23(5-2,6-3)22-16-12(17)9-11(10-13(16)18)19-14(20)7-8-15(19)21/h7-10H,4-6H2,1-3H3. The van der Waals surface area contributed by atoms with Gasteiger partial charge in [0.15, 0.2) is 0 Å². The zero-order valence-corrected chi connectivity index (χ0v) is 17.5. The molecule has 0 saturated heterocycles. The number of amides is 2. The topological polar surface area (TPSA) is 46.6 Å². The van der Waals surface area contributed by atoms with Crippen molar-refractivity contribution in [2.24, 2.45) is 0 Å². The van der Waals surface area contributed by atoms with Gasteiger partial charge >= 0.3 is 0 Å². The summed E-state index contributed by atoms with van der Waals surface area (Å²) in [5, 5.41) is 0. The van der Waals surface area contributed by atoms with Crippen molar-refractivity contribution in [3.8, 4) is 5.75 Å². The van der Waals surface area contributed by atoms with E-state index in [9.17, 15) is 9.59 Å². The van der Waals surface area contributed by atoms with Gasteiger partial charge in [0.05, 0.1) is 14.6 Å². The third kappa shape index (κ3) is 3.61. The Morgan fingerprint density at radius 2 is 1.39 bits per heavy atom. The lowest BCUT2D eigenvalue weighted by Crippen LogP contribution is -2.39. The number of nitrogens with zero attached hydrogens (tertiary/aromatic N) is 1. The molecule has 0 atom stereocenters. The van der Waals surface area contributed by atoms with Gasteiger partial charge in [-0.2, -0.15) is 0 Å². The molecule has 2 rings (SSSR count). The van der Waals surface area contributed by atoms with E-state index in [1.807, 2.05) is 0 Å². The van der Waals surface area contributed by atoms with Gasteiger partial charge < -0.3 is 4.43 Å². The Morgan fingerprint density at radius 1 is 0.957 bits per heavy atom. The SMILES string of the molecule is CC[Si](CC)(CC)Oc1c(Br)cc(N2C(=O)C=CC2=O)cc1Br.